The van der Waals surface area contributed by atoms with Gasteiger partial charge < -0.3 is 10.1 Å². The van der Waals surface area contributed by atoms with E-state index in [0.717, 1.165) is 6.42 Å². The van der Waals surface area contributed by atoms with Crippen LogP contribution in [0.5, 0.6) is 0 Å². The number of carbonyl (C=O) groups is 1. The van der Waals surface area contributed by atoms with Crippen LogP contribution in [0.3, 0.4) is 0 Å². The summed E-state index contributed by atoms with van der Waals surface area (Å²) in [5, 5.41) is 3.20. The zero-order valence-electron chi connectivity index (χ0n) is 16.5. The Morgan fingerprint density at radius 3 is 2.90 bits per heavy atom. The van der Waals surface area contributed by atoms with E-state index >= 15 is 0 Å². The minimum atomic E-state index is -0.226. The van der Waals surface area contributed by atoms with Gasteiger partial charge in [-0.05, 0) is 38.0 Å². The summed E-state index contributed by atoms with van der Waals surface area (Å²) >= 11 is 6.58. The average Bonchev–Trinajstić information content (AvgIpc) is 2.99. The lowest BCUT2D eigenvalue weighted by Crippen LogP contribution is -2.29. The van der Waals surface area contributed by atoms with Crippen LogP contribution in [0.1, 0.15) is 32.3 Å². The molecule has 0 radical (unpaired) electrons. The third-order valence-electron chi connectivity index (χ3n) is 4.34. The third-order valence-corrected chi connectivity index (χ3v) is 5.71. The first kappa shape index (κ1) is 21.5. The van der Waals surface area contributed by atoms with E-state index < -0.39 is 0 Å². The first-order chi connectivity index (χ1) is 14.1. The van der Waals surface area contributed by atoms with Gasteiger partial charge in [-0.1, -0.05) is 37.0 Å². The smallest absolute Gasteiger partial charge is 0.267 e. The van der Waals surface area contributed by atoms with Crippen molar-refractivity contribution in [3.05, 3.63) is 45.2 Å². The number of nitrogens with one attached hydrogen (secondary N) is 1. The van der Waals surface area contributed by atoms with E-state index in [1.54, 1.807) is 29.3 Å². The molecule has 9 heteroatoms. The van der Waals surface area contributed by atoms with Crippen LogP contribution >= 0.6 is 24.0 Å². The van der Waals surface area contributed by atoms with E-state index in [0.29, 0.717) is 59.0 Å². The van der Waals surface area contributed by atoms with E-state index in [2.05, 4.69) is 10.3 Å². The van der Waals surface area contributed by atoms with Crippen LogP contribution in [0.15, 0.2) is 34.1 Å². The van der Waals surface area contributed by atoms with E-state index in [1.165, 1.54) is 16.2 Å². The van der Waals surface area contributed by atoms with Crippen LogP contribution in [0.4, 0.5) is 5.82 Å². The SMILES string of the molecule is CCCNc1nc2ccccn2c(=O)c1/C=C1/SC(=S)N(CCCOCC)C1=O. The number of fused-ring (bicyclic) bond motifs is 1. The number of thioether (sulfide) groups is 1. The predicted octanol–water partition coefficient (Wildman–Crippen LogP) is 3.14. The van der Waals surface area contributed by atoms with Crippen molar-refractivity contribution in [3.63, 3.8) is 0 Å². The van der Waals surface area contributed by atoms with Crippen LogP contribution in [-0.4, -0.2) is 50.8 Å². The summed E-state index contributed by atoms with van der Waals surface area (Å²) in [7, 11) is 0. The van der Waals surface area contributed by atoms with Crippen LogP contribution < -0.4 is 10.9 Å². The summed E-state index contributed by atoms with van der Waals surface area (Å²) in [5.41, 5.74) is 0.685. The molecule has 1 aliphatic rings. The first-order valence-corrected chi connectivity index (χ1v) is 10.9. The number of pyridine rings is 1. The van der Waals surface area contributed by atoms with Gasteiger partial charge in [-0.15, -0.1) is 0 Å². The maximum atomic E-state index is 13.1. The van der Waals surface area contributed by atoms with Crippen molar-refractivity contribution in [2.24, 2.45) is 0 Å². The Labute approximate surface area is 179 Å². The van der Waals surface area contributed by atoms with Gasteiger partial charge in [0.05, 0.1) is 10.5 Å². The molecule has 2 aromatic heterocycles. The fourth-order valence-electron chi connectivity index (χ4n) is 2.90. The topological polar surface area (TPSA) is 75.9 Å². The van der Waals surface area contributed by atoms with Crippen LogP contribution in [0, 0.1) is 0 Å². The highest BCUT2D eigenvalue weighted by Crippen LogP contribution is 2.33. The monoisotopic (exact) mass is 432 g/mol. The highest BCUT2D eigenvalue weighted by atomic mass is 32.2. The molecular formula is C20H24N4O3S2. The molecule has 1 N–H and O–H groups in total. The highest BCUT2D eigenvalue weighted by Gasteiger charge is 2.32. The Bertz CT molecular complexity index is 1000. The molecule has 2 aromatic rings. The quantitative estimate of drug-likeness (QED) is 0.371. The largest absolute Gasteiger partial charge is 0.382 e. The minimum Gasteiger partial charge on any atom is -0.382 e. The summed E-state index contributed by atoms with van der Waals surface area (Å²) in [5.74, 6) is 0.292. The zero-order valence-corrected chi connectivity index (χ0v) is 18.1. The maximum absolute atomic E-state index is 13.1. The fourth-order valence-corrected chi connectivity index (χ4v) is 4.19. The summed E-state index contributed by atoms with van der Waals surface area (Å²) in [6, 6.07) is 5.38. The highest BCUT2D eigenvalue weighted by molar-refractivity contribution is 8.26. The van der Waals surface area contributed by atoms with Gasteiger partial charge in [0.15, 0.2) is 0 Å². The lowest BCUT2D eigenvalue weighted by molar-refractivity contribution is -0.122. The van der Waals surface area contributed by atoms with Gasteiger partial charge >= 0.3 is 0 Å². The molecule has 0 spiro atoms. The summed E-state index contributed by atoms with van der Waals surface area (Å²) in [6.45, 7) is 6.36. The molecule has 1 amide bonds. The molecule has 154 valence electrons. The van der Waals surface area contributed by atoms with Crippen LogP contribution in [0.25, 0.3) is 11.7 Å². The standard InChI is InChI=1S/C20H24N4O3S2/c1-3-9-21-17-14(18(25)23-10-6-5-8-16(23)22-17)13-15-19(26)24(20(28)29-15)11-7-12-27-4-2/h5-6,8,10,13,21H,3-4,7,9,11-12H2,1-2H3/b15-13+. The Morgan fingerprint density at radius 2 is 2.14 bits per heavy atom. The van der Waals surface area contributed by atoms with Gasteiger partial charge in [-0.3, -0.25) is 18.9 Å². The molecule has 1 aliphatic heterocycles. The Morgan fingerprint density at radius 1 is 1.31 bits per heavy atom. The fraction of sp³-hybridized carbons (Fsp3) is 0.400. The Balaban J connectivity index is 1.94. The Hall–Kier alpha value is -2.23. The van der Waals surface area contributed by atoms with Crippen molar-refractivity contribution in [2.45, 2.75) is 26.7 Å². The van der Waals surface area contributed by atoms with Crippen molar-refractivity contribution in [1.29, 1.82) is 0 Å². The predicted molar refractivity (Wildman–Crippen MR) is 121 cm³/mol. The van der Waals surface area contributed by atoms with E-state index in [1.807, 2.05) is 19.9 Å². The maximum Gasteiger partial charge on any atom is 0.267 e. The van der Waals surface area contributed by atoms with Gasteiger partial charge in [0, 0.05) is 32.5 Å². The number of carbonyl (C=O) groups excluding carboxylic acids is 1. The van der Waals surface area contributed by atoms with Crippen LogP contribution in [-0.2, 0) is 9.53 Å². The van der Waals surface area contributed by atoms with Gasteiger partial charge in [0.25, 0.3) is 11.5 Å². The minimum absolute atomic E-state index is 0.185. The third kappa shape index (κ3) is 4.85. The molecule has 3 heterocycles. The summed E-state index contributed by atoms with van der Waals surface area (Å²) in [4.78, 5) is 32.5. The molecule has 0 atom stereocenters. The van der Waals surface area contributed by atoms with Gasteiger partial charge in [0.2, 0.25) is 0 Å². The molecule has 1 saturated heterocycles. The number of rotatable bonds is 9. The second kappa shape index (κ2) is 10.00. The van der Waals surface area contributed by atoms with Crippen molar-refractivity contribution in [3.8, 4) is 0 Å². The molecule has 0 bridgehead atoms. The van der Waals surface area contributed by atoms with Crippen molar-refractivity contribution < 1.29 is 9.53 Å². The van der Waals surface area contributed by atoms with E-state index in [4.69, 9.17) is 17.0 Å². The number of aromatic nitrogens is 2. The number of nitrogens with zero attached hydrogens (tertiary/aromatic N) is 3. The zero-order chi connectivity index (χ0) is 20.8. The number of hydrogen-bond donors (Lipinski definition) is 1. The number of ether oxygens (including phenoxy) is 1. The van der Waals surface area contributed by atoms with Crippen molar-refractivity contribution in [2.75, 3.05) is 31.6 Å². The molecule has 29 heavy (non-hydrogen) atoms. The van der Waals surface area contributed by atoms with Crippen molar-refractivity contribution >= 4 is 51.7 Å². The first-order valence-electron chi connectivity index (χ1n) is 9.65. The molecule has 1 fully saturated rings. The van der Waals surface area contributed by atoms with Crippen LogP contribution in [0.2, 0.25) is 0 Å². The lowest BCUT2D eigenvalue weighted by atomic mass is 10.2. The Kier molecular flexibility index (Phi) is 7.40. The molecule has 3 rings (SSSR count). The normalized spacial score (nSPS) is 15.7. The summed E-state index contributed by atoms with van der Waals surface area (Å²) in [6.07, 6.45) is 4.87. The van der Waals surface area contributed by atoms with Gasteiger partial charge in [-0.2, -0.15) is 0 Å². The lowest BCUT2D eigenvalue weighted by Gasteiger charge is -2.14. The second-order valence-electron chi connectivity index (χ2n) is 6.42. The molecule has 0 unspecified atom stereocenters. The second-order valence-corrected chi connectivity index (χ2v) is 8.09. The number of hydrogen-bond acceptors (Lipinski definition) is 7. The van der Waals surface area contributed by atoms with Gasteiger partial charge in [-0.25, -0.2) is 4.98 Å². The molecule has 0 aromatic carbocycles. The summed E-state index contributed by atoms with van der Waals surface area (Å²) < 4.78 is 7.31. The molecule has 0 aliphatic carbocycles. The number of anilines is 1. The van der Waals surface area contributed by atoms with Crippen molar-refractivity contribution in [1.82, 2.24) is 14.3 Å². The average molecular weight is 433 g/mol. The number of thiocarbonyl (C=S) groups is 1. The molecular weight excluding hydrogens is 408 g/mol. The number of amides is 1. The van der Waals surface area contributed by atoms with E-state index in [9.17, 15) is 9.59 Å². The van der Waals surface area contributed by atoms with E-state index in [-0.39, 0.29) is 11.5 Å². The molecule has 7 nitrogen and oxygen atoms in total. The molecule has 0 saturated carbocycles. The van der Waals surface area contributed by atoms with Gasteiger partial charge in [0.1, 0.15) is 15.8 Å².